The van der Waals surface area contributed by atoms with Gasteiger partial charge in [-0.2, -0.15) is 0 Å². The third kappa shape index (κ3) is 5.47. The Kier molecular flexibility index (Phi) is 6.68. The Morgan fingerprint density at radius 3 is 2.29 bits per heavy atom. The van der Waals surface area contributed by atoms with Crippen molar-refractivity contribution in [2.24, 2.45) is 0 Å². The predicted molar refractivity (Wildman–Crippen MR) is 89.5 cm³/mol. The first-order valence-corrected chi connectivity index (χ1v) is 8.24. The lowest BCUT2D eigenvalue weighted by molar-refractivity contribution is 0.305. The van der Waals surface area contributed by atoms with E-state index in [9.17, 15) is 5.11 Å². The smallest absolute Gasteiger partial charge is 0.119 e. The van der Waals surface area contributed by atoms with E-state index in [0.717, 1.165) is 41.9 Å². The molecule has 2 aromatic rings. The van der Waals surface area contributed by atoms with Gasteiger partial charge in [-0.3, -0.25) is 0 Å². The van der Waals surface area contributed by atoms with Gasteiger partial charge < -0.3 is 9.84 Å². The van der Waals surface area contributed by atoms with Crippen molar-refractivity contribution in [3.8, 4) is 11.5 Å². The lowest BCUT2D eigenvalue weighted by Crippen LogP contribution is -1.97. The summed E-state index contributed by atoms with van der Waals surface area (Å²) < 4.78 is 5.79. The molecule has 0 radical (unpaired) electrons. The molecule has 2 nitrogen and oxygen atoms in total. The van der Waals surface area contributed by atoms with Crippen LogP contribution in [0.15, 0.2) is 36.4 Å². The van der Waals surface area contributed by atoms with Gasteiger partial charge in [0.15, 0.2) is 0 Å². The fourth-order valence-electron chi connectivity index (χ4n) is 2.39. The fraction of sp³-hybridized carbons (Fsp3) is 0.444. The van der Waals surface area contributed by atoms with Crippen LogP contribution in [0.25, 0.3) is 10.8 Å². The maximum Gasteiger partial charge on any atom is 0.119 e. The Morgan fingerprint density at radius 2 is 1.48 bits per heavy atom. The first-order valence-electron chi connectivity index (χ1n) is 7.71. The normalized spacial score (nSPS) is 10.9. The number of benzene rings is 2. The van der Waals surface area contributed by atoms with Crippen molar-refractivity contribution in [3.05, 3.63) is 36.4 Å². The van der Waals surface area contributed by atoms with Crippen LogP contribution in [-0.2, 0) is 0 Å². The fourth-order valence-corrected chi connectivity index (χ4v) is 2.58. The maximum atomic E-state index is 9.44. The lowest BCUT2D eigenvalue weighted by Gasteiger charge is -2.07. The van der Waals surface area contributed by atoms with Crippen LogP contribution in [0, 0.1) is 0 Å². The zero-order chi connectivity index (χ0) is 14.9. The van der Waals surface area contributed by atoms with Gasteiger partial charge in [0.05, 0.1) is 6.61 Å². The molecule has 114 valence electrons. The van der Waals surface area contributed by atoms with Crippen LogP contribution in [0.3, 0.4) is 0 Å². The second-order valence-corrected chi connectivity index (χ2v) is 5.73. The van der Waals surface area contributed by atoms with Gasteiger partial charge in [0.2, 0.25) is 0 Å². The largest absolute Gasteiger partial charge is 0.508 e. The molecule has 0 aliphatic carbocycles. The summed E-state index contributed by atoms with van der Waals surface area (Å²) in [5.41, 5.74) is 0. The number of fused-ring (bicyclic) bond motifs is 1. The first-order chi connectivity index (χ1) is 10.3. The van der Waals surface area contributed by atoms with Crippen molar-refractivity contribution in [1.29, 1.82) is 0 Å². The minimum absolute atomic E-state index is 0.297. The molecule has 2 aromatic carbocycles. The van der Waals surface area contributed by atoms with Gasteiger partial charge in [0.25, 0.3) is 0 Å². The van der Waals surface area contributed by atoms with E-state index in [1.54, 1.807) is 12.1 Å². The number of hydrogen-bond donors (Lipinski definition) is 1. The van der Waals surface area contributed by atoms with Crippen molar-refractivity contribution in [1.82, 2.24) is 0 Å². The summed E-state index contributed by atoms with van der Waals surface area (Å²) in [5, 5.41) is 11.6. The van der Waals surface area contributed by atoms with Gasteiger partial charge in [-0.05, 0) is 47.9 Å². The topological polar surface area (TPSA) is 29.5 Å². The quantitative estimate of drug-likeness (QED) is 0.489. The molecule has 0 saturated heterocycles. The van der Waals surface area contributed by atoms with E-state index < -0.39 is 0 Å². The highest BCUT2D eigenvalue weighted by Crippen LogP contribution is 2.24. The van der Waals surface area contributed by atoms with Crippen molar-refractivity contribution >= 4 is 22.4 Å². The average molecular weight is 307 g/mol. The third-order valence-electron chi connectivity index (χ3n) is 3.59. The minimum Gasteiger partial charge on any atom is -0.508 e. The second kappa shape index (κ2) is 8.78. The SMILES string of the molecule is Oc1ccc2cc(OCCCCCCCCCl)ccc2c1. The molecule has 0 atom stereocenters. The Morgan fingerprint density at radius 1 is 0.810 bits per heavy atom. The highest BCUT2D eigenvalue weighted by atomic mass is 35.5. The van der Waals surface area contributed by atoms with Gasteiger partial charge >= 0.3 is 0 Å². The van der Waals surface area contributed by atoms with Crippen molar-refractivity contribution in [2.45, 2.75) is 38.5 Å². The zero-order valence-corrected chi connectivity index (χ0v) is 13.1. The molecule has 0 saturated carbocycles. The van der Waals surface area contributed by atoms with E-state index in [0.29, 0.717) is 5.75 Å². The summed E-state index contributed by atoms with van der Waals surface area (Å²) in [5.74, 6) is 1.98. The molecular weight excluding hydrogens is 284 g/mol. The first kappa shape index (κ1) is 16.0. The zero-order valence-electron chi connectivity index (χ0n) is 12.4. The maximum absolute atomic E-state index is 9.44. The Balaban J connectivity index is 1.70. The number of ether oxygens (including phenoxy) is 1. The molecule has 21 heavy (non-hydrogen) atoms. The van der Waals surface area contributed by atoms with Crippen molar-refractivity contribution < 1.29 is 9.84 Å². The molecule has 0 aliphatic heterocycles. The average Bonchev–Trinajstić information content (AvgIpc) is 2.50. The highest BCUT2D eigenvalue weighted by molar-refractivity contribution is 6.17. The number of alkyl halides is 1. The number of phenols is 1. The molecule has 2 rings (SSSR count). The summed E-state index contributed by atoms with van der Waals surface area (Å²) in [6.07, 6.45) is 7.20. The number of rotatable bonds is 9. The summed E-state index contributed by atoms with van der Waals surface area (Å²) in [4.78, 5) is 0. The van der Waals surface area contributed by atoms with Crippen molar-refractivity contribution in [3.63, 3.8) is 0 Å². The number of unbranched alkanes of at least 4 members (excludes halogenated alkanes) is 5. The van der Waals surface area contributed by atoms with Crippen LogP contribution in [0.2, 0.25) is 0 Å². The summed E-state index contributed by atoms with van der Waals surface area (Å²) >= 11 is 5.65. The van der Waals surface area contributed by atoms with E-state index in [2.05, 4.69) is 0 Å². The molecule has 0 aromatic heterocycles. The molecule has 1 N–H and O–H groups in total. The highest BCUT2D eigenvalue weighted by Gasteiger charge is 1.99. The number of phenolic OH excluding ortho intramolecular Hbond substituents is 1. The van der Waals surface area contributed by atoms with Gasteiger partial charge in [-0.15, -0.1) is 11.6 Å². The molecule has 0 bridgehead atoms. The molecule has 0 fully saturated rings. The number of aromatic hydroxyl groups is 1. The predicted octanol–water partition coefficient (Wildman–Crippen LogP) is 5.50. The van der Waals surface area contributed by atoms with Crippen molar-refractivity contribution in [2.75, 3.05) is 12.5 Å². The number of halogens is 1. The van der Waals surface area contributed by atoms with E-state index in [-0.39, 0.29) is 0 Å². The van der Waals surface area contributed by atoms with Crippen LogP contribution < -0.4 is 4.74 Å². The molecule has 0 unspecified atom stereocenters. The minimum atomic E-state index is 0.297. The molecule has 3 heteroatoms. The standard InChI is InChI=1S/C18H23ClO2/c19-11-5-3-1-2-4-6-12-21-18-10-8-15-13-17(20)9-7-16(15)14-18/h7-10,13-14,20H,1-6,11-12H2. The van der Waals surface area contributed by atoms with Gasteiger partial charge in [-0.25, -0.2) is 0 Å². The molecule has 0 amide bonds. The summed E-state index contributed by atoms with van der Waals surface area (Å²) in [6, 6.07) is 11.3. The van der Waals surface area contributed by atoms with Gasteiger partial charge in [-0.1, -0.05) is 37.8 Å². The van der Waals surface area contributed by atoms with Crippen LogP contribution in [-0.4, -0.2) is 17.6 Å². The molecular formula is C18H23ClO2. The van der Waals surface area contributed by atoms with Crippen LogP contribution in [0.1, 0.15) is 38.5 Å². The Hall–Kier alpha value is -1.41. The van der Waals surface area contributed by atoms with Crippen LogP contribution >= 0.6 is 11.6 Å². The van der Waals surface area contributed by atoms with E-state index in [1.807, 2.05) is 24.3 Å². The molecule has 0 heterocycles. The van der Waals surface area contributed by atoms with Gasteiger partial charge in [0, 0.05) is 5.88 Å². The van der Waals surface area contributed by atoms with E-state index in [1.165, 1.54) is 25.7 Å². The van der Waals surface area contributed by atoms with E-state index >= 15 is 0 Å². The van der Waals surface area contributed by atoms with E-state index in [4.69, 9.17) is 16.3 Å². The Labute approximate surface area is 131 Å². The Bertz CT molecular complexity index is 554. The van der Waals surface area contributed by atoms with Crippen LogP contribution in [0.4, 0.5) is 0 Å². The number of hydrogen-bond acceptors (Lipinski definition) is 2. The molecule has 0 aliphatic rings. The monoisotopic (exact) mass is 306 g/mol. The van der Waals surface area contributed by atoms with Crippen LogP contribution in [0.5, 0.6) is 11.5 Å². The summed E-state index contributed by atoms with van der Waals surface area (Å²) in [7, 11) is 0. The second-order valence-electron chi connectivity index (χ2n) is 5.35. The lowest BCUT2D eigenvalue weighted by atomic mass is 10.1. The van der Waals surface area contributed by atoms with Gasteiger partial charge in [0.1, 0.15) is 11.5 Å². The third-order valence-corrected chi connectivity index (χ3v) is 3.86. The summed E-state index contributed by atoms with van der Waals surface area (Å²) in [6.45, 7) is 0.763. The molecule has 0 spiro atoms.